The number of nitrogens with zero attached hydrogens (tertiary/aromatic N) is 3. The molecule has 0 aliphatic heterocycles. The first kappa shape index (κ1) is 11.2. The van der Waals surface area contributed by atoms with E-state index in [0.29, 0.717) is 0 Å². The summed E-state index contributed by atoms with van der Waals surface area (Å²) in [5, 5.41) is 9.92. The van der Waals surface area contributed by atoms with Gasteiger partial charge in [-0.2, -0.15) is 0 Å². The molecule has 0 unspecified atom stereocenters. The van der Waals surface area contributed by atoms with Crippen LogP contribution in [0.5, 0.6) is 0 Å². The highest BCUT2D eigenvalue weighted by molar-refractivity contribution is 5.87. The van der Waals surface area contributed by atoms with E-state index in [1.807, 2.05) is 18.2 Å². The molecular weight excluding hydrogens is 246 g/mol. The topological polar surface area (TPSA) is 30.2 Å². The first-order chi connectivity index (χ1) is 9.84. The van der Waals surface area contributed by atoms with Crippen LogP contribution in [-0.2, 0) is 0 Å². The Kier molecular flexibility index (Phi) is 2.33. The first-order valence-corrected chi connectivity index (χ1v) is 6.63. The molecule has 4 rings (SSSR count). The summed E-state index contributed by atoms with van der Waals surface area (Å²) in [4.78, 5) is 0. The average molecular weight is 259 g/mol. The average Bonchev–Trinajstić information content (AvgIpc) is 2.92. The molecule has 0 fully saturated rings. The lowest BCUT2D eigenvalue weighted by atomic mass is 10.1. The highest BCUT2D eigenvalue weighted by atomic mass is 15.2. The van der Waals surface area contributed by atoms with Gasteiger partial charge >= 0.3 is 0 Å². The van der Waals surface area contributed by atoms with Crippen LogP contribution in [-0.4, -0.2) is 14.6 Å². The van der Waals surface area contributed by atoms with E-state index in [4.69, 9.17) is 0 Å². The minimum absolute atomic E-state index is 0.886. The minimum atomic E-state index is 0.886. The second kappa shape index (κ2) is 4.17. The Bertz CT molecular complexity index is 907. The molecule has 0 N–H and O–H groups in total. The third-order valence-corrected chi connectivity index (χ3v) is 3.64. The Hall–Kier alpha value is -2.68. The number of para-hydroxylation sites is 1. The maximum absolute atomic E-state index is 4.37. The number of fused-ring (bicyclic) bond motifs is 3. The van der Waals surface area contributed by atoms with Crippen LogP contribution < -0.4 is 0 Å². The van der Waals surface area contributed by atoms with Crippen molar-refractivity contribution in [1.29, 1.82) is 0 Å². The van der Waals surface area contributed by atoms with Crippen LogP contribution in [0, 0.1) is 6.92 Å². The molecule has 2 aromatic carbocycles. The third-order valence-electron chi connectivity index (χ3n) is 3.64. The standard InChI is InChI=1S/C17H13N3/c1-12-11-16-18-19-17(13-7-3-2-4-8-13)20(16)15-10-6-5-9-14(12)15/h2-11H,1H3. The molecule has 2 aromatic heterocycles. The lowest BCUT2D eigenvalue weighted by Crippen LogP contribution is -1.93. The van der Waals surface area contributed by atoms with Crippen molar-refractivity contribution in [3.05, 3.63) is 66.2 Å². The predicted octanol–water partition coefficient (Wildman–Crippen LogP) is 3.86. The van der Waals surface area contributed by atoms with Crippen molar-refractivity contribution >= 4 is 16.6 Å². The summed E-state index contributed by atoms with van der Waals surface area (Å²) >= 11 is 0. The van der Waals surface area contributed by atoms with Crippen LogP contribution >= 0.6 is 0 Å². The van der Waals surface area contributed by atoms with E-state index in [0.717, 1.165) is 22.6 Å². The van der Waals surface area contributed by atoms with Gasteiger partial charge in [-0.25, -0.2) is 0 Å². The highest BCUT2D eigenvalue weighted by Crippen LogP contribution is 2.25. The fourth-order valence-corrected chi connectivity index (χ4v) is 2.68. The van der Waals surface area contributed by atoms with Crippen molar-refractivity contribution in [2.24, 2.45) is 0 Å². The number of pyridine rings is 1. The lowest BCUT2D eigenvalue weighted by molar-refractivity contribution is 1.12. The fourth-order valence-electron chi connectivity index (χ4n) is 2.68. The van der Waals surface area contributed by atoms with E-state index in [1.54, 1.807) is 0 Å². The largest absolute Gasteiger partial charge is 0.275 e. The van der Waals surface area contributed by atoms with E-state index < -0.39 is 0 Å². The normalized spacial score (nSPS) is 11.2. The molecule has 4 aromatic rings. The molecule has 20 heavy (non-hydrogen) atoms. The van der Waals surface area contributed by atoms with Crippen molar-refractivity contribution in [1.82, 2.24) is 14.6 Å². The van der Waals surface area contributed by atoms with Crippen molar-refractivity contribution in [2.75, 3.05) is 0 Å². The molecule has 0 spiro atoms. The first-order valence-electron chi connectivity index (χ1n) is 6.63. The van der Waals surface area contributed by atoms with Crippen LogP contribution in [0.15, 0.2) is 60.7 Å². The fraction of sp³-hybridized carbons (Fsp3) is 0.0588. The molecular formula is C17H13N3. The van der Waals surface area contributed by atoms with Crippen LogP contribution in [0.3, 0.4) is 0 Å². The molecule has 0 saturated carbocycles. The molecule has 0 bridgehead atoms. The number of hydrogen-bond acceptors (Lipinski definition) is 2. The Morgan fingerprint density at radius 2 is 1.60 bits per heavy atom. The van der Waals surface area contributed by atoms with Gasteiger partial charge in [0.05, 0.1) is 5.52 Å². The molecule has 0 radical (unpaired) electrons. The Labute approximate surface area is 116 Å². The molecule has 0 aliphatic carbocycles. The molecule has 3 nitrogen and oxygen atoms in total. The van der Waals surface area contributed by atoms with Crippen molar-refractivity contribution in [3.63, 3.8) is 0 Å². The van der Waals surface area contributed by atoms with Gasteiger partial charge in [-0.15, -0.1) is 10.2 Å². The summed E-state index contributed by atoms with van der Waals surface area (Å²) in [6.45, 7) is 2.11. The van der Waals surface area contributed by atoms with Crippen molar-refractivity contribution in [2.45, 2.75) is 6.92 Å². The molecule has 96 valence electrons. The SMILES string of the molecule is Cc1cc2nnc(-c3ccccc3)n2c2ccccc12. The summed E-state index contributed by atoms with van der Waals surface area (Å²) < 4.78 is 2.12. The van der Waals surface area contributed by atoms with E-state index in [-0.39, 0.29) is 0 Å². The molecule has 3 heteroatoms. The van der Waals surface area contributed by atoms with Gasteiger partial charge in [0, 0.05) is 10.9 Å². The third kappa shape index (κ3) is 1.53. The lowest BCUT2D eigenvalue weighted by Gasteiger charge is -2.07. The van der Waals surface area contributed by atoms with E-state index in [9.17, 15) is 0 Å². The van der Waals surface area contributed by atoms with Gasteiger partial charge in [0.25, 0.3) is 0 Å². The molecule has 0 saturated heterocycles. The number of benzene rings is 2. The molecule has 0 aliphatic rings. The zero-order valence-electron chi connectivity index (χ0n) is 11.1. The van der Waals surface area contributed by atoms with Crippen LogP contribution in [0.25, 0.3) is 27.9 Å². The van der Waals surface area contributed by atoms with Gasteiger partial charge in [0.15, 0.2) is 11.5 Å². The Balaban J connectivity index is 2.17. The summed E-state index contributed by atoms with van der Waals surface area (Å²) in [7, 11) is 0. The smallest absolute Gasteiger partial charge is 0.168 e. The minimum Gasteiger partial charge on any atom is -0.275 e. The second-order valence-electron chi connectivity index (χ2n) is 4.93. The number of aryl methyl sites for hydroxylation is 1. The quantitative estimate of drug-likeness (QED) is 0.519. The number of aromatic nitrogens is 3. The van der Waals surface area contributed by atoms with Gasteiger partial charge in [-0.05, 0) is 24.6 Å². The van der Waals surface area contributed by atoms with Gasteiger partial charge in [0.1, 0.15) is 0 Å². The van der Waals surface area contributed by atoms with E-state index >= 15 is 0 Å². The van der Waals surface area contributed by atoms with Crippen LogP contribution in [0.2, 0.25) is 0 Å². The van der Waals surface area contributed by atoms with Gasteiger partial charge in [-0.1, -0.05) is 48.5 Å². The van der Waals surface area contributed by atoms with Gasteiger partial charge < -0.3 is 0 Å². The highest BCUT2D eigenvalue weighted by Gasteiger charge is 2.11. The predicted molar refractivity (Wildman–Crippen MR) is 80.7 cm³/mol. The number of rotatable bonds is 1. The second-order valence-corrected chi connectivity index (χ2v) is 4.93. The Morgan fingerprint density at radius 3 is 2.45 bits per heavy atom. The molecule has 2 heterocycles. The number of hydrogen-bond donors (Lipinski definition) is 0. The summed E-state index contributed by atoms with van der Waals surface area (Å²) in [5.74, 6) is 0.886. The Morgan fingerprint density at radius 1 is 0.850 bits per heavy atom. The van der Waals surface area contributed by atoms with Crippen LogP contribution in [0.4, 0.5) is 0 Å². The van der Waals surface area contributed by atoms with Crippen LogP contribution in [0.1, 0.15) is 5.56 Å². The van der Waals surface area contributed by atoms with E-state index in [1.165, 1.54) is 10.9 Å². The summed E-state index contributed by atoms with van der Waals surface area (Å²) in [6.07, 6.45) is 0. The van der Waals surface area contributed by atoms with Crippen molar-refractivity contribution < 1.29 is 0 Å². The zero-order chi connectivity index (χ0) is 13.5. The van der Waals surface area contributed by atoms with Gasteiger partial charge in [0.2, 0.25) is 0 Å². The molecule has 0 atom stereocenters. The summed E-state index contributed by atoms with van der Waals surface area (Å²) in [6, 6.07) is 20.6. The zero-order valence-corrected chi connectivity index (χ0v) is 11.1. The van der Waals surface area contributed by atoms with Crippen molar-refractivity contribution in [3.8, 4) is 11.4 Å². The maximum atomic E-state index is 4.37. The molecule has 0 amide bonds. The summed E-state index contributed by atoms with van der Waals surface area (Å²) in [5.41, 5.74) is 4.33. The monoisotopic (exact) mass is 259 g/mol. The van der Waals surface area contributed by atoms with Gasteiger partial charge in [-0.3, -0.25) is 4.40 Å². The van der Waals surface area contributed by atoms with E-state index in [2.05, 4.69) is 64.0 Å². The maximum Gasteiger partial charge on any atom is 0.168 e.